The van der Waals surface area contributed by atoms with Gasteiger partial charge in [-0.15, -0.1) is 0 Å². The summed E-state index contributed by atoms with van der Waals surface area (Å²) < 4.78 is 5.86. The van der Waals surface area contributed by atoms with Crippen molar-refractivity contribution in [3.63, 3.8) is 0 Å². The highest BCUT2D eigenvalue weighted by atomic mass is 16.5. The predicted molar refractivity (Wildman–Crippen MR) is 127 cm³/mol. The van der Waals surface area contributed by atoms with Crippen LogP contribution in [0.15, 0.2) is 24.3 Å². The zero-order valence-corrected chi connectivity index (χ0v) is 19.6. The Balaban J connectivity index is 1.61. The van der Waals surface area contributed by atoms with E-state index in [4.69, 9.17) is 4.74 Å². The minimum Gasteiger partial charge on any atom is -0.494 e. The fourth-order valence-electron chi connectivity index (χ4n) is 4.19. The molecule has 5 heteroatoms. The number of benzene rings is 1. The van der Waals surface area contributed by atoms with Gasteiger partial charge in [0.2, 0.25) is 11.8 Å². The van der Waals surface area contributed by atoms with E-state index in [1.165, 1.54) is 44.9 Å². The van der Waals surface area contributed by atoms with Crippen LogP contribution in [0.4, 0.5) is 5.69 Å². The predicted octanol–water partition coefficient (Wildman–Crippen LogP) is 6.09. The Hall–Kier alpha value is -2.04. The second-order valence-electron chi connectivity index (χ2n) is 8.93. The number of nitrogens with one attached hydrogen (secondary N) is 2. The summed E-state index contributed by atoms with van der Waals surface area (Å²) >= 11 is 0. The molecule has 5 nitrogen and oxygen atoms in total. The average molecular weight is 431 g/mol. The van der Waals surface area contributed by atoms with Crippen molar-refractivity contribution >= 4 is 17.5 Å². The fourth-order valence-corrected chi connectivity index (χ4v) is 4.19. The van der Waals surface area contributed by atoms with Crippen molar-refractivity contribution in [2.24, 2.45) is 11.8 Å². The largest absolute Gasteiger partial charge is 0.494 e. The fraction of sp³-hybridized carbons (Fsp3) is 0.692. The van der Waals surface area contributed by atoms with Gasteiger partial charge in [-0.25, -0.2) is 0 Å². The van der Waals surface area contributed by atoms with Gasteiger partial charge in [0.25, 0.3) is 0 Å². The minimum absolute atomic E-state index is 0.0492. The molecule has 2 rings (SSSR count). The van der Waals surface area contributed by atoms with Gasteiger partial charge in [-0.2, -0.15) is 0 Å². The van der Waals surface area contributed by atoms with Gasteiger partial charge >= 0.3 is 0 Å². The monoisotopic (exact) mass is 430 g/mol. The maximum absolute atomic E-state index is 12.2. The third-order valence-corrected chi connectivity index (χ3v) is 6.37. The second kappa shape index (κ2) is 14.9. The Labute approximate surface area is 188 Å². The van der Waals surface area contributed by atoms with Crippen LogP contribution in [0.2, 0.25) is 0 Å². The van der Waals surface area contributed by atoms with E-state index in [9.17, 15) is 9.59 Å². The third-order valence-electron chi connectivity index (χ3n) is 6.37. The smallest absolute Gasteiger partial charge is 0.224 e. The molecule has 1 saturated carbocycles. The van der Waals surface area contributed by atoms with Gasteiger partial charge in [0.05, 0.1) is 6.61 Å². The molecule has 2 N–H and O–H groups in total. The van der Waals surface area contributed by atoms with Crippen LogP contribution >= 0.6 is 0 Å². The van der Waals surface area contributed by atoms with Crippen molar-refractivity contribution in [1.29, 1.82) is 0 Å². The summed E-state index contributed by atoms with van der Waals surface area (Å²) in [7, 11) is 0. The van der Waals surface area contributed by atoms with Crippen molar-refractivity contribution in [3.05, 3.63) is 24.3 Å². The highest BCUT2D eigenvalue weighted by molar-refractivity contribution is 5.93. The Morgan fingerprint density at radius 2 is 1.74 bits per heavy atom. The Morgan fingerprint density at radius 1 is 1.03 bits per heavy atom. The molecule has 1 fully saturated rings. The summed E-state index contributed by atoms with van der Waals surface area (Å²) in [6, 6.07) is 7.50. The molecule has 174 valence electrons. The van der Waals surface area contributed by atoms with Crippen LogP contribution in [0.1, 0.15) is 90.9 Å². The lowest BCUT2D eigenvalue weighted by atomic mass is 9.87. The van der Waals surface area contributed by atoms with Crippen LogP contribution in [0, 0.1) is 11.8 Å². The van der Waals surface area contributed by atoms with Crippen molar-refractivity contribution in [2.75, 3.05) is 18.5 Å². The third kappa shape index (κ3) is 10.7. The first kappa shape index (κ1) is 25.2. The Morgan fingerprint density at radius 3 is 2.42 bits per heavy atom. The van der Waals surface area contributed by atoms with E-state index >= 15 is 0 Å². The van der Waals surface area contributed by atoms with Gasteiger partial charge in [-0.05, 0) is 48.9 Å². The normalized spacial score (nSPS) is 15.3. The molecule has 0 spiro atoms. The van der Waals surface area contributed by atoms with Crippen molar-refractivity contribution in [3.8, 4) is 5.75 Å². The zero-order chi connectivity index (χ0) is 22.3. The van der Waals surface area contributed by atoms with Crippen LogP contribution in [-0.2, 0) is 9.59 Å². The van der Waals surface area contributed by atoms with E-state index in [-0.39, 0.29) is 24.7 Å². The van der Waals surface area contributed by atoms with Gasteiger partial charge in [0.15, 0.2) is 0 Å². The molecule has 0 radical (unpaired) electrons. The number of ether oxygens (including phenoxy) is 1. The number of rotatable bonds is 14. The first-order valence-electron chi connectivity index (χ1n) is 12.4. The van der Waals surface area contributed by atoms with Gasteiger partial charge in [-0.1, -0.05) is 65.2 Å². The molecule has 0 aromatic heterocycles. The average Bonchev–Trinajstić information content (AvgIpc) is 2.80. The van der Waals surface area contributed by atoms with Gasteiger partial charge in [-0.3, -0.25) is 9.59 Å². The molecule has 2 amide bonds. The van der Waals surface area contributed by atoms with Crippen LogP contribution in [0.25, 0.3) is 0 Å². The van der Waals surface area contributed by atoms with Crippen LogP contribution < -0.4 is 15.4 Å². The number of hydrogen-bond donors (Lipinski definition) is 2. The molecule has 0 aliphatic heterocycles. The number of carbonyl (C=O) groups is 2. The SMILES string of the molecule is CCCC[C@@H](CC)CNC(=O)CCC(=O)Nc1ccc(OCCC2CCCCC2)cc1. The summed E-state index contributed by atoms with van der Waals surface area (Å²) in [6.07, 6.45) is 12.9. The summed E-state index contributed by atoms with van der Waals surface area (Å²) in [4.78, 5) is 24.2. The van der Waals surface area contributed by atoms with Gasteiger partial charge in [0.1, 0.15) is 5.75 Å². The number of anilines is 1. The second-order valence-corrected chi connectivity index (χ2v) is 8.93. The van der Waals surface area contributed by atoms with Crippen molar-refractivity contribution < 1.29 is 14.3 Å². The van der Waals surface area contributed by atoms with E-state index in [0.29, 0.717) is 12.5 Å². The summed E-state index contributed by atoms with van der Waals surface area (Å²) in [5, 5.41) is 5.84. The van der Waals surface area contributed by atoms with Crippen LogP contribution in [0.3, 0.4) is 0 Å². The lowest BCUT2D eigenvalue weighted by molar-refractivity contribution is -0.124. The zero-order valence-electron chi connectivity index (χ0n) is 19.6. The highest BCUT2D eigenvalue weighted by Crippen LogP contribution is 2.26. The van der Waals surface area contributed by atoms with Crippen molar-refractivity contribution in [1.82, 2.24) is 5.32 Å². The molecule has 1 atom stereocenters. The topological polar surface area (TPSA) is 67.4 Å². The summed E-state index contributed by atoms with van der Waals surface area (Å²) in [5.41, 5.74) is 0.732. The number of unbranched alkanes of at least 4 members (excludes halogenated alkanes) is 1. The first-order valence-corrected chi connectivity index (χ1v) is 12.4. The Kier molecular flexibility index (Phi) is 12.1. The molecule has 1 aromatic rings. The standard InChI is InChI=1S/C26H42N2O3/c1-3-5-9-21(4-2)20-27-25(29)16-17-26(30)28-23-12-14-24(15-13-23)31-19-18-22-10-7-6-8-11-22/h12-15,21-22H,3-11,16-20H2,1-2H3,(H,27,29)(H,28,30)/t21-/m1/s1. The van der Waals surface area contributed by atoms with Crippen LogP contribution in [0.5, 0.6) is 5.75 Å². The molecule has 0 heterocycles. The van der Waals surface area contributed by atoms with E-state index in [1.54, 1.807) is 0 Å². The molecule has 0 saturated heterocycles. The first-order chi connectivity index (χ1) is 15.1. The molecule has 0 unspecified atom stereocenters. The number of amides is 2. The van der Waals surface area contributed by atoms with E-state index in [0.717, 1.165) is 43.2 Å². The molecule has 1 aliphatic carbocycles. The Bertz CT molecular complexity index is 639. The molecule has 1 aliphatic rings. The minimum atomic E-state index is -0.140. The summed E-state index contributed by atoms with van der Waals surface area (Å²) in [6.45, 7) is 5.80. The summed E-state index contributed by atoms with van der Waals surface area (Å²) in [5.74, 6) is 1.99. The molecule has 1 aromatic carbocycles. The number of hydrogen-bond acceptors (Lipinski definition) is 3. The lowest BCUT2D eigenvalue weighted by Crippen LogP contribution is -2.29. The molecule has 0 bridgehead atoms. The molecular formula is C26H42N2O3. The van der Waals surface area contributed by atoms with Crippen molar-refractivity contribution in [2.45, 2.75) is 90.9 Å². The maximum Gasteiger partial charge on any atom is 0.224 e. The van der Waals surface area contributed by atoms with Crippen LogP contribution in [-0.4, -0.2) is 25.0 Å². The lowest BCUT2D eigenvalue weighted by Gasteiger charge is -2.21. The van der Waals surface area contributed by atoms with Gasteiger partial charge in [0, 0.05) is 25.1 Å². The van der Waals surface area contributed by atoms with E-state index < -0.39 is 0 Å². The molecule has 31 heavy (non-hydrogen) atoms. The van der Waals surface area contributed by atoms with Gasteiger partial charge < -0.3 is 15.4 Å². The quantitative estimate of drug-likeness (QED) is 0.375. The van der Waals surface area contributed by atoms with E-state index in [1.807, 2.05) is 24.3 Å². The number of carbonyl (C=O) groups excluding carboxylic acids is 2. The highest BCUT2D eigenvalue weighted by Gasteiger charge is 2.13. The van der Waals surface area contributed by atoms with E-state index in [2.05, 4.69) is 24.5 Å². The molecular weight excluding hydrogens is 388 g/mol. The maximum atomic E-state index is 12.2.